The first-order chi connectivity index (χ1) is 15.5. The minimum atomic E-state index is 0.172. The van der Waals surface area contributed by atoms with E-state index in [4.69, 9.17) is 9.47 Å². The average Bonchev–Trinajstić information content (AvgIpc) is 2.78. The van der Waals surface area contributed by atoms with E-state index in [9.17, 15) is 4.79 Å². The van der Waals surface area contributed by atoms with Crippen molar-refractivity contribution in [1.82, 2.24) is 0 Å². The molecule has 3 nitrogen and oxygen atoms in total. The molecule has 0 aromatic heterocycles. The van der Waals surface area contributed by atoms with Crippen LogP contribution in [0, 0.1) is 19.8 Å². The molecule has 0 bridgehead atoms. The van der Waals surface area contributed by atoms with Crippen LogP contribution in [0.3, 0.4) is 0 Å². The number of rotatable bonds is 10. The lowest BCUT2D eigenvalue weighted by Crippen LogP contribution is -2.22. The van der Waals surface area contributed by atoms with Gasteiger partial charge in [0.15, 0.2) is 12.6 Å². The Morgan fingerprint density at radius 3 is 2.22 bits per heavy atom. The molecule has 0 saturated carbocycles. The summed E-state index contributed by atoms with van der Waals surface area (Å²) in [5.41, 5.74) is 6.88. The summed E-state index contributed by atoms with van der Waals surface area (Å²) in [5.74, 6) is 2.32. The highest BCUT2D eigenvalue weighted by Gasteiger charge is 2.32. The molecule has 0 fully saturated rings. The number of ketones is 1. The third-order valence-electron chi connectivity index (χ3n) is 6.13. The zero-order valence-corrected chi connectivity index (χ0v) is 20.9. The number of hydrogen-bond acceptors (Lipinski definition) is 4. The molecule has 0 saturated heterocycles. The van der Waals surface area contributed by atoms with Crippen LogP contribution in [0.25, 0.3) is 5.57 Å². The van der Waals surface area contributed by atoms with E-state index in [1.807, 2.05) is 11.8 Å². The molecule has 1 aliphatic carbocycles. The Bertz CT molecular complexity index is 934. The highest BCUT2D eigenvalue weighted by molar-refractivity contribution is 7.99. The van der Waals surface area contributed by atoms with Crippen molar-refractivity contribution in [2.75, 3.05) is 19.7 Å². The zero-order chi connectivity index (χ0) is 23.1. The Morgan fingerprint density at radius 2 is 1.62 bits per heavy atom. The van der Waals surface area contributed by atoms with Gasteiger partial charge in [0.2, 0.25) is 0 Å². The number of methoxy groups -OCH3 is 1. The number of benzene rings is 2. The Balaban J connectivity index is 1.84. The van der Waals surface area contributed by atoms with Crippen molar-refractivity contribution in [2.24, 2.45) is 5.92 Å². The van der Waals surface area contributed by atoms with Crippen LogP contribution in [-0.2, 0) is 27.1 Å². The summed E-state index contributed by atoms with van der Waals surface area (Å²) < 4.78 is 11.2. The van der Waals surface area contributed by atoms with Gasteiger partial charge < -0.3 is 9.47 Å². The van der Waals surface area contributed by atoms with Crippen LogP contribution in [0.2, 0.25) is 0 Å². The molecule has 1 aliphatic rings. The summed E-state index contributed by atoms with van der Waals surface area (Å²) in [4.78, 5) is 14.8. The van der Waals surface area contributed by atoms with Crippen LogP contribution in [0.5, 0.6) is 0 Å². The number of ether oxygens (including phenoxy) is 2. The molecule has 172 valence electrons. The van der Waals surface area contributed by atoms with E-state index in [2.05, 4.69) is 64.1 Å². The van der Waals surface area contributed by atoms with Crippen LogP contribution in [0.1, 0.15) is 60.9 Å². The second kappa shape index (κ2) is 11.7. The summed E-state index contributed by atoms with van der Waals surface area (Å²) in [5, 5.41) is 0. The maximum atomic E-state index is 13.5. The van der Waals surface area contributed by atoms with Gasteiger partial charge in [0.25, 0.3) is 0 Å². The predicted octanol–water partition coefficient (Wildman–Crippen LogP) is 6.92. The second-order valence-electron chi connectivity index (χ2n) is 8.66. The molecule has 3 rings (SSSR count). The number of hydrogen-bond donors (Lipinski definition) is 0. The molecule has 1 atom stereocenters. The fraction of sp³-hybridized carbons (Fsp3) is 0.464. The molecule has 2 aromatic rings. The normalized spacial score (nSPS) is 16.5. The van der Waals surface area contributed by atoms with E-state index in [0.717, 1.165) is 48.3 Å². The average molecular weight is 453 g/mol. The molecule has 0 spiro atoms. The Morgan fingerprint density at radius 1 is 0.969 bits per heavy atom. The first kappa shape index (κ1) is 24.6. The van der Waals surface area contributed by atoms with Crippen molar-refractivity contribution in [1.29, 1.82) is 0 Å². The molecule has 32 heavy (non-hydrogen) atoms. The van der Waals surface area contributed by atoms with Gasteiger partial charge in [-0.3, -0.25) is 4.79 Å². The molecule has 2 aromatic carbocycles. The van der Waals surface area contributed by atoms with E-state index in [-0.39, 0.29) is 12.6 Å². The monoisotopic (exact) mass is 452 g/mol. The van der Waals surface area contributed by atoms with Crippen LogP contribution in [-0.4, -0.2) is 25.4 Å². The highest BCUT2D eigenvalue weighted by atomic mass is 32.2. The number of aryl methyl sites for hydroxylation is 4. The fourth-order valence-corrected chi connectivity index (χ4v) is 5.51. The largest absolute Gasteiger partial charge is 0.471 e. The second-order valence-corrected chi connectivity index (χ2v) is 9.83. The molecule has 0 radical (unpaired) electrons. The molecule has 0 aliphatic heterocycles. The molecular weight excluding hydrogens is 416 g/mol. The van der Waals surface area contributed by atoms with E-state index in [0.29, 0.717) is 12.3 Å². The van der Waals surface area contributed by atoms with Crippen molar-refractivity contribution in [2.45, 2.75) is 64.7 Å². The lowest BCUT2D eigenvalue weighted by Gasteiger charge is -2.28. The van der Waals surface area contributed by atoms with E-state index < -0.39 is 0 Å². The van der Waals surface area contributed by atoms with Gasteiger partial charge in [-0.2, -0.15) is 0 Å². The van der Waals surface area contributed by atoms with Gasteiger partial charge in [0.05, 0.1) is 5.57 Å². The Kier molecular flexibility index (Phi) is 9.01. The maximum Gasteiger partial charge on any atom is 0.188 e. The Labute approximate surface area is 197 Å². The molecular formula is C28H36O3S. The standard InChI is InChI=1S/C28H36O3S/c1-6-22-14-20(4)15-23(7-2)27(22)28-25(29)16-21(17-26(28)31-18-30-5)12-13-32-24-10-8-19(3)9-11-24/h8-11,14-15,21H,6-7,12-13,16-18H2,1-5H3. The van der Waals surface area contributed by atoms with Gasteiger partial charge in [-0.1, -0.05) is 49.2 Å². The van der Waals surface area contributed by atoms with Gasteiger partial charge >= 0.3 is 0 Å². The van der Waals surface area contributed by atoms with E-state index >= 15 is 0 Å². The minimum Gasteiger partial charge on any atom is -0.471 e. The first-order valence-corrected chi connectivity index (χ1v) is 12.7. The summed E-state index contributed by atoms with van der Waals surface area (Å²) in [7, 11) is 1.63. The smallest absolute Gasteiger partial charge is 0.188 e. The minimum absolute atomic E-state index is 0.172. The van der Waals surface area contributed by atoms with Crippen molar-refractivity contribution in [3.63, 3.8) is 0 Å². The number of thioether (sulfide) groups is 1. The van der Waals surface area contributed by atoms with Crippen LogP contribution < -0.4 is 0 Å². The van der Waals surface area contributed by atoms with Crippen molar-refractivity contribution in [3.05, 3.63) is 70.0 Å². The SMILES string of the molecule is CCc1cc(C)cc(CC)c1C1=C(OCOC)CC(CCSc2ccc(C)cc2)CC1=O. The molecule has 4 heteroatoms. The quantitative estimate of drug-likeness (QED) is 0.289. The maximum absolute atomic E-state index is 13.5. The number of carbonyl (C=O) groups excluding carboxylic acids is 1. The lowest BCUT2D eigenvalue weighted by molar-refractivity contribution is -0.115. The fourth-order valence-electron chi connectivity index (χ4n) is 4.50. The predicted molar refractivity (Wildman–Crippen MR) is 134 cm³/mol. The zero-order valence-electron chi connectivity index (χ0n) is 20.1. The van der Waals surface area contributed by atoms with Crippen LogP contribution in [0.15, 0.2) is 47.1 Å². The van der Waals surface area contributed by atoms with Crippen molar-refractivity contribution < 1.29 is 14.3 Å². The summed E-state index contributed by atoms with van der Waals surface area (Å²) in [6.07, 6.45) is 4.17. The summed E-state index contributed by atoms with van der Waals surface area (Å²) >= 11 is 1.86. The van der Waals surface area contributed by atoms with Crippen LogP contribution in [0.4, 0.5) is 0 Å². The van der Waals surface area contributed by atoms with Gasteiger partial charge in [0, 0.05) is 24.8 Å². The van der Waals surface area contributed by atoms with Gasteiger partial charge in [-0.25, -0.2) is 0 Å². The van der Waals surface area contributed by atoms with Gasteiger partial charge in [-0.15, -0.1) is 11.8 Å². The number of carbonyl (C=O) groups is 1. The number of Topliss-reactive ketones (excluding diaryl/α,β-unsaturated/α-hetero) is 1. The Hall–Kier alpha value is -2.04. The van der Waals surface area contributed by atoms with E-state index in [1.54, 1.807) is 7.11 Å². The number of allylic oxidation sites excluding steroid dienone is 2. The van der Waals surface area contributed by atoms with Gasteiger partial charge in [0.1, 0.15) is 5.76 Å². The van der Waals surface area contributed by atoms with Crippen molar-refractivity contribution >= 4 is 23.1 Å². The van der Waals surface area contributed by atoms with Gasteiger partial charge in [-0.05, 0) is 73.6 Å². The first-order valence-electron chi connectivity index (χ1n) is 11.7. The molecule has 1 unspecified atom stereocenters. The molecule has 0 N–H and O–H groups in total. The molecule has 0 heterocycles. The van der Waals surface area contributed by atoms with Crippen molar-refractivity contribution in [3.8, 4) is 0 Å². The highest BCUT2D eigenvalue weighted by Crippen LogP contribution is 2.39. The summed E-state index contributed by atoms with van der Waals surface area (Å²) in [6.45, 7) is 8.73. The molecule has 0 amide bonds. The summed E-state index contributed by atoms with van der Waals surface area (Å²) in [6, 6.07) is 13.1. The van der Waals surface area contributed by atoms with Crippen LogP contribution >= 0.6 is 11.8 Å². The third-order valence-corrected chi connectivity index (χ3v) is 7.18. The third kappa shape index (κ3) is 6.05. The van der Waals surface area contributed by atoms with E-state index in [1.165, 1.54) is 27.1 Å². The topological polar surface area (TPSA) is 35.5 Å². The lowest BCUT2D eigenvalue weighted by atomic mass is 9.79.